The number of amides is 1. The lowest BCUT2D eigenvalue weighted by molar-refractivity contribution is 0.0899. The van der Waals surface area contributed by atoms with E-state index < -0.39 is 0 Å². The Bertz CT molecular complexity index is 759. The first-order valence-electron chi connectivity index (χ1n) is 8.55. The Morgan fingerprint density at radius 2 is 2.32 bits per heavy atom. The van der Waals surface area contributed by atoms with Crippen molar-refractivity contribution >= 4 is 17.2 Å². The van der Waals surface area contributed by atoms with E-state index in [0.717, 1.165) is 36.1 Å². The number of rotatable bonds is 5. The number of ether oxygens (including phenoxy) is 1. The highest BCUT2D eigenvalue weighted by molar-refractivity contribution is 7.09. The molecule has 2 aromatic heterocycles. The lowest BCUT2D eigenvalue weighted by Gasteiger charge is -2.19. The van der Waals surface area contributed by atoms with Gasteiger partial charge in [-0.2, -0.15) is 0 Å². The Kier molecular flexibility index (Phi) is 4.58. The van der Waals surface area contributed by atoms with E-state index in [1.807, 2.05) is 19.9 Å². The van der Waals surface area contributed by atoms with Crippen molar-refractivity contribution in [3.05, 3.63) is 33.6 Å². The monoisotopic (exact) mass is 362 g/mol. The smallest absolute Gasteiger partial charge is 0.270 e. The molecular weight excluding hydrogens is 340 g/mol. The SMILES string of the molecule is Cc1cc(CN2C[C@H]3[C@H](CNC(=O)c4csc(C)n4)CO[C@H]3C2)no1. The highest BCUT2D eigenvalue weighted by Crippen LogP contribution is 2.34. The van der Waals surface area contributed by atoms with E-state index in [-0.39, 0.29) is 12.0 Å². The van der Waals surface area contributed by atoms with Gasteiger partial charge in [0.1, 0.15) is 11.5 Å². The van der Waals surface area contributed by atoms with E-state index in [2.05, 4.69) is 20.4 Å². The molecule has 2 saturated heterocycles. The summed E-state index contributed by atoms with van der Waals surface area (Å²) in [5, 5.41) is 9.79. The molecule has 0 aromatic carbocycles. The van der Waals surface area contributed by atoms with Gasteiger partial charge in [-0.15, -0.1) is 11.3 Å². The van der Waals surface area contributed by atoms with E-state index in [1.54, 1.807) is 5.38 Å². The van der Waals surface area contributed by atoms with Crippen LogP contribution in [0, 0.1) is 25.7 Å². The van der Waals surface area contributed by atoms with Crippen LogP contribution >= 0.6 is 11.3 Å². The number of nitrogens with zero attached hydrogens (tertiary/aromatic N) is 3. The number of nitrogens with one attached hydrogen (secondary N) is 1. The van der Waals surface area contributed by atoms with Gasteiger partial charge in [-0.05, 0) is 13.8 Å². The van der Waals surface area contributed by atoms with Crippen LogP contribution in [0.2, 0.25) is 0 Å². The summed E-state index contributed by atoms with van der Waals surface area (Å²) in [7, 11) is 0. The number of hydrogen-bond donors (Lipinski definition) is 1. The summed E-state index contributed by atoms with van der Waals surface area (Å²) in [6.07, 6.45) is 0.247. The van der Waals surface area contributed by atoms with Crippen LogP contribution < -0.4 is 5.32 Å². The lowest BCUT2D eigenvalue weighted by atomic mass is 9.93. The standard InChI is InChI=1S/C17H22N4O3S/c1-10-3-13(20-24-10)5-21-6-14-12(8-23-16(14)7-21)4-18-17(22)15-9-25-11(2)19-15/h3,9,12,14,16H,4-8H2,1-2H3,(H,18,22)/t12-,14+,16+/m1/s1. The molecule has 4 rings (SSSR count). The lowest BCUT2D eigenvalue weighted by Crippen LogP contribution is -2.34. The number of thiazole rings is 1. The van der Waals surface area contributed by atoms with Gasteiger partial charge in [-0.3, -0.25) is 9.69 Å². The van der Waals surface area contributed by atoms with Gasteiger partial charge in [-0.1, -0.05) is 5.16 Å². The highest BCUT2D eigenvalue weighted by Gasteiger charge is 2.43. The first-order valence-corrected chi connectivity index (χ1v) is 9.43. The van der Waals surface area contributed by atoms with E-state index in [1.165, 1.54) is 11.3 Å². The summed E-state index contributed by atoms with van der Waals surface area (Å²) in [4.78, 5) is 18.8. The Hall–Kier alpha value is -1.77. The first-order chi connectivity index (χ1) is 12.1. The Labute approximate surface area is 150 Å². The molecule has 2 aliphatic rings. The summed E-state index contributed by atoms with van der Waals surface area (Å²) < 4.78 is 11.1. The Morgan fingerprint density at radius 1 is 1.44 bits per heavy atom. The van der Waals surface area contributed by atoms with Gasteiger partial charge in [0.15, 0.2) is 0 Å². The summed E-state index contributed by atoms with van der Waals surface area (Å²) in [6, 6.07) is 1.97. The van der Waals surface area contributed by atoms with Gasteiger partial charge in [-0.25, -0.2) is 4.98 Å². The molecule has 25 heavy (non-hydrogen) atoms. The fourth-order valence-corrected chi connectivity index (χ4v) is 4.32. The molecule has 8 heteroatoms. The second-order valence-corrected chi connectivity index (χ2v) is 7.94. The van der Waals surface area contributed by atoms with Crippen LogP contribution in [0.5, 0.6) is 0 Å². The van der Waals surface area contributed by atoms with Crippen LogP contribution in [-0.2, 0) is 11.3 Å². The number of carbonyl (C=O) groups excluding carboxylic acids is 1. The van der Waals surface area contributed by atoms with Crippen LogP contribution in [0.25, 0.3) is 0 Å². The molecule has 4 heterocycles. The molecular formula is C17H22N4O3S. The number of hydrogen-bond acceptors (Lipinski definition) is 7. The van der Waals surface area contributed by atoms with Gasteiger partial charge in [0, 0.05) is 49.5 Å². The topological polar surface area (TPSA) is 80.5 Å². The predicted octanol–water partition coefficient (Wildman–Crippen LogP) is 1.62. The zero-order valence-electron chi connectivity index (χ0n) is 14.4. The normalized spacial score (nSPS) is 26.1. The zero-order valence-corrected chi connectivity index (χ0v) is 15.2. The maximum Gasteiger partial charge on any atom is 0.270 e. The Morgan fingerprint density at radius 3 is 3.04 bits per heavy atom. The van der Waals surface area contributed by atoms with Crippen molar-refractivity contribution in [2.45, 2.75) is 26.5 Å². The molecule has 1 amide bonds. The third-order valence-electron chi connectivity index (χ3n) is 4.95. The average Bonchev–Trinajstić information content (AvgIpc) is 3.32. The van der Waals surface area contributed by atoms with Crippen molar-refractivity contribution in [3.63, 3.8) is 0 Å². The maximum atomic E-state index is 12.2. The summed E-state index contributed by atoms with van der Waals surface area (Å²) >= 11 is 1.49. The van der Waals surface area contributed by atoms with E-state index in [0.29, 0.717) is 30.7 Å². The largest absolute Gasteiger partial charge is 0.376 e. The van der Waals surface area contributed by atoms with Crippen LogP contribution in [0.15, 0.2) is 16.0 Å². The molecule has 3 atom stereocenters. The molecule has 0 spiro atoms. The molecule has 7 nitrogen and oxygen atoms in total. The number of likely N-dealkylation sites (tertiary alicyclic amines) is 1. The molecule has 0 saturated carbocycles. The van der Waals surface area contributed by atoms with E-state index in [4.69, 9.17) is 9.26 Å². The number of aromatic nitrogens is 2. The molecule has 0 unspecified atom stereocenters. The highest BCUT2D eigenvalue weighted by atomic mass is 32.1. The number of aryl methyl sites for hydroxylation is 2. The molecule has 0 radical (unpaired) electrons. The van der Waals surface area contributed by atoms with Gasteiger partial charge < -0.3 is 14.6 Å². The fourth-order valence-electron chi connectivity index (χ4n) is 3.72. The molecule has 2 aliphatic heterocycles. The molecule has 0 aliphatic carbocycles. The van der Waals surface area contributed by atoms with Gasteiger partial charge in [0.25, 0.3) is 5.91 Å². The van der Waals surface area contributed by atoms with Crippen LogP contribution in [0.4, 0.5) is 0 Å². The van der Waals surface area contributed by atoms with Crippen LogP contribution in [-0.4, -0.2) is 53.3 Å². The molecule has 1 N–H and O–H groups in total. The second-order valence-electron chi connectivity index (χ2n) is 6.88. The van der Waals surface area contributed by atoms with Crippen molar-refractivity contribution in [2.75, 3.05) is 26.2 Å². The van der Waals surface area contributed by atoms with Gasteiger partial charge in [0.05, 0.1) is 23.4 Å². The quantitative estimate of drug-likeness (QED) is 0.871. The van der Waals surface area contributed by atoms with Gasteiger partial charge >= 0.3 is 0 Å². The first kappa shape index (κ1) is 16.7. The van der Waals surface area contributed by atoms with E-state index >= 15 is 0 Å². The van der Waals surface area contributed by atoms with Crippen molar-refractivity contribution in [3.8, 4) is 0 Å². The molecule has 2 fully saturated rings. The van der Waals surface area contributed by atoms with Crippen LogP contribution in [0.3, 0.4) is 0 Å². The minimum Gasteiger partial charge on any atom is -0.376 e. The summed E-state index contributed by atoms with van der Waals surface area (Å²) in [6.45, 7) is 7.81. The molecule has 134 valence electrons. The number of carbonyl (C=O) groups is 1. The van der Waals surface area contributed by atoms with Crippen molar-refractivity contribution in [1.29, 1.82) is 0 Å². The van der Waals surface area contributed by atoms with E-state index in [9.17, 15) is 4.79 Å². The van der Waals surface area contributed by atoms with Crippen molar-refractivity contribution < 1.29 is 14.1 Å². The predicted molar refractivity (Wildman–Crippen MR) is 92.4 cm³/mol. The minimum absolute atomic E-state index is 0.0966. The van der Waals surface area contributed by atoms with Crippen molar-refractivity contribution in [1.82, 2.24) is 20.4 Å². The van der Waals surface area contributed by atoms with Crippen molar-refractivity contribution in [2.24, 2.45) is 11.8 Å². The average molecular weight is 362 g/mol. The Balaban J connectivity index is 1.30. The van der Waals surface area contributed by atoms with Crippen LogP contribution in [0.1, 0.15) is 27.0 Å². The molecule has 2 aromatic rings. The summed E-state index contributed by atoms with van der Waals surface area (Å²) in [5.41, 5.74) is 1.47. The third-order valence-corrected chi connectivity index (χ3v) is 5.73. The minimum atomic E-state index is -0.0966. The number of fused-ring (bicyclic) bond motifs is 1. The maximum absolute atomic E-state index is 12.2. The molecule has 0 bridgehead atoms. The summed E-state index contributed by atoms with van der Waals surface area (Å²) in [5.74, 6) is 1.53. The second kappa shape index (κ2) is 6.86. The van der Waals surface area contributed by atoms with Gasteiger partial charge in [0.2, 0.25) is 0 Å². The fraction of sp³-hybridized carbons (Fsp3) is 0.588. The third kappa shape index (κ3) is 3.61. The zero-order chi connectivity index (χ0) is 17.4.